The van der Waals surface area contributed by atoms with Crippen LogP contribution in [0.2, 0.25) is 0 Å². The molecule has 0 unspecified atom stereocenters. The summed E-state index contributed by atoms with van der Waals surface area (Å²) in [6.07, 6.45) is 2.55. The zero-order valence-electron chi connectivity index (χ0n) is 5.70. The fourth-order valence-electron chi connectivity index (χ4n) is 0.545. The third-order valence-electron chi connectivity index (χ3n) is 0.981. The average molecular weight is 159 g/mol. The Balaban J connectivity index is 2.59. The molecule has 1 aromatic heterocycles. The second kappa shape index (κ2) is 3.58. The van der Waals surface area contributed by atoms with E-state index in [0.29, 0.717) is 24.1 Å². The zero-order valence-corrected chi connectivity index (χ0v) is 6.52. The molecular formula is C5H9N3OS. The quantitative estimate of drug-likeness (QED) is 0.642. The van der Waals surface area contributed by atoms with Gasteiger partial charge in [0.15, 0.2) is 0 Å². The fourth-order valence-corrected chi connectivity index (χ4v) is 0.847. The highest BCUT2D eigenvalue weighted by Crippen LogP contribution is 2.11. The molecule has 0 saturated carbocycles. The highest BCUT2D eigenvalue weighted by Gasteiger charge is 2.01. The van der Waals surface area contributed by atoms with Crippen LogP contribution in [0.4, 0.5) is 0 Å². The van der Waals surface area contributed by atoms with Gasteiger partial charge in [0.25, 0.3) is 5.22 Å². The van der Waals surface area contributed by atoms with Crippen molar-refractivity contribution < 1.29 is 4.42 Å². The maximum atomic E-state index is 5.28. The van der Waals surface area contributed by atoms with E-state index in [0.717, 1.165) is 0 Å². The summed E-state index contributed by atoms with van der Waals surface area (Å²) in [6, 6.07) is 0. The van der Waals surface area contributed by atoms with Crippen molar-refractivity contribution in [2.75, 3.05) is 12.8 Å². The standard InChI is InChI=1S/C5H9N3OS/c1-10-5-8-7-4(9-5)2-3-6/h2-3,6H2,1H3. The molecule has 0 amide bonds. The summed E-state index contributed by atoms with van der Waals surface area (Å²) in [4.78, 5) is 0. The van der Waals surface area contributed by atoms with Crippen molar-refractivity contribution in [1.82, 2.24) is 10.2 Å². The van der Waals surface area contributed by atoms with Crippen LogP contribution < -0.4 is 5.73 Å². The summed E-state index contributed by atoms with van der Waals surface area (Å²) in [6.45, 7) is 0.552. The lowest BCUT2D eigenvalue weighted by Crippen LogP contribution is -2.02. The monoisotopic (exact) mass is 159 g/mol. The van der Waals surface area contributed by atoms with Crippen molar-refractivity contribution in [3.05, 3.63) is 5.89 Å². The number of nitrogens with zero attached hydrogens (tertiary/aromatic N) is 2. The molecule has 0 atom stereocenters. The molecule has 4 nitrogen and oxygen atoms in total. The van der Waals surface area contributed by atoms with E-state index in [-0.39, 0.29) is 0 Å². The number of rotatable bonds is 3. The topological polar surface area (TPSA) is 64.9 Å². The lowest BCUT2D eigenvalue weighted by atomic mass is 10.4. The van der Waals surface area contributed by atoms with E-state index in [1.54, 1.807) is 0 Å². The lowest BCUT2D eigenvalue weighted by Gasteiger charge is -1.85. The highest BCUT2D eigenvalue weighted by molar-refractivity contribution is 7.98. The Kier molecular flexibility index (Phi) is 2.70. The van der Waals surface area contributed by atoms with Gasteiger partial charge in [-0.3, -0.25) is 0 Å². The molecule has 0 aliphatic rings. The van der Waals surface area contributed by atoms with Crippen molar-refractivity contribution >= 4 is 11.8 Å². The first-order valence-electron chi connectivity index (χ1n) is 2.93. The SMILES string of the molecule is CSc1nnc(CCN)o1. The van der Waals surface area contributed by atoms with Crippen LogP contribution in [0.15, 0.2) is 9.64 Å². The van der Waals surface area contributed by atoms with Gasteiger partial charge >= 0.3 is 0 Å². The molecule has 0 fully saturated rings. The Bertz CT molecular complexity index is 201. The fraction of sp³-hybridized carbons (Fsp3) is 0.600. The molecule has 1 aromatic rings. The predicted molar refractivity (Wildman–Crippen MR) is 38.8 cm³/mol. The number of hydrogen-bond donors (Lipinski definition) is 1. The third-order valence-corrected chi connectivity index (χ3v) is 1.50. The smallest absolute Gasteiger partial charge is 0.276 e. The van der Waals surface area contributed by atoms with Gasteiger partial charge in [-0.1, -0.05) is 11.8 Å². The number of nitrogens with two attached hydrogens (primary N) is 1. The molecular weight excluding hydrogens is 150 g/mol. The van der Waals surface area contributed by atoms with Gasteiger partial charge in [-0.05, 0) is 6.26 Å². The van der Waals surface area contributed by atoms with Crippen molar-refractivity contribution in [2.45, 2.75) is 11.6 Å². The first-order valence-corrected chi connectivity index (χ1v) is 4.15. The Labute approximate surface area is 63.2 Å². The molecule has 0 spiro atoms. The third kappa shape index (κ3) is 1.71. The van der Waals surface area contributed by atoms with Crippen LogP contribution in [0, 0.1) is 0 Å². The second-order valence-corrected chi connectivity index (χ2v) is 2.46. The Morgan fingerprint density at radius 3 is 2.90 bits per heavy atom. The van der Waals surface area contributed by atoms with Gasteiger partial charge in [0, 0.05) is 13.0 Å². The van der Waals surface area contributed by atoms with Crippen molar-refractivity contribution in [3.63, 3.8) is 0 Å². The summed E-state index contributed by atoms with van der Waals surface area (Å²) < 4.78 is 5.13. The largest absolute Gasteiger partial charge is 0.416 e. The Morgan fingerprint density at radius 1 is 1.60 bits per heavy atom. The van der Waals surface area contributed by atoms with Gasteiger partial charge in [0.2, 0.25) is 5.89 Å². The van der Waals surface area contributed by atoms with E-state index < -0.39 is 0 Å². The summed E-state index contributed by atoms with van der Waals surface area (Å²) in [5.41, 5.74) is 5.28. The molecule has 56 valence electrons. The van der Waals surface area contributed by atoms with Gasteiger partial charge in [-0.2, -0.15) is 0 Å². The van der Waals surface area contributed by atoms with E-state index in [4.69, 9.17) is 10.2 Å². The molecule has 1 heterocycles. The molecule has 0 aliphatic carbocycles. The van der Waals surface area contributed by atoms with Gasteiger partial charge in [0.1, 0.15) is 0 Å². The lowest BCUT2D eigenvalue weighted by molar-refractivity contribution is 0.415. The van der Waals surface area contributed by atoms with Crippen LogP contribution in [0.3, 0.4) is 0 Å². The van der Waals surface area contributed by atoms with Crippen LogP contribution in [0.1, 0.15) is 5.89 Å². The van der Waals surface area contributed by atoms with Gasteiger partial charge in [-0.25, -0.2) is 0 Å². The van der Waals surface area contributed by atoms with Gasteiger partial charge in [0.05, 0.1) is 0 Å². The summed E-state index contributed by atoms with van der Waals surface area (Å²) in [5.74, 6) is 0.617. The Morgan fingerprint density at radius 2 is 2.40 bits per heavy atom. The summed E-state index contributed by atoms with van der Waals surface area (Å²) in [7, 11) is 0. The Hall–Kier alpha value is -0.550. The second-order valence-electron chi connectivity index (χ2n) is 1.70. The molecule has 2 N–H and O–H groups in total. The number of aromatic nitrogens is 2. The highest BCUT2D eigenvalue weighted by atomic mass is 32.2. The van der Waals surface area contributed by atoms with Crippen LogP contribution >= 0.6 is 11.8 Å². The van der Waals surface area contributed by atoms with Crippen LogP contribution in [0.25, 0.3) is 0 Å². The predicted octanol–water partition coefficient (Wildman–Crippen LogP) is 0.293. The van der Waals surface area contributed by atoms with Gasteiger partial charge in [-0.15, -0.1) is 10.2 Å². The van der Waals surface area contributed by atoms with E-state index in [1.165, 1.54) is 11.8 Å². The molecule has 0 saturated heterocycles. The molecule has 1 rings (SSSR count). The van der Waals surface area contributed by atoms with E-state index >= 15 is 0 Å². The van der Waals surface area contributed by atoms with Crippen LogP contribution in [0.5, 0.6) is 0 Å². The molecule has 0 bridgehead atoms. The van der Waals surface area contributed by atoms with E-state index in [9.17, 15) is 0 Å². The van der Waals surface area contributed by atoms with Crippen LogP contribution in [-0.2, 0) is 6.42 Å². The minimum absolute atomic E-state index is 0.552. The summed E-state index contributed by atoms with van der Waals surface area (Å²) >= 11 is 1.43. The first-order chi connectivity index (χ1) is 4.86. The summed E-state index contributed by atoms with van der Waals surface area (Å²) in [5, 5.41) is 8.10. The minimum atomic E-state index is 0.552. The number of thioether (sulfide) groups is 1. The first kappa shape index (κ1) is 7.56. The normalized spacial score (nSPS) is 10.2. The molecule has 0 aliphatic heterocycles. The molecule has 10 heavy (non-hydrogen) atoms. The number of hydrogen-bond acceptors (Lipinski definition) is 5. The van der Waals surface area contributed by atoms with Gasteiger partial charge < -0.3 is 10.2 Å². The maximum absolute atomic E-state index is 5.28. The zero-order chi connectivity index (χ0) is 7.40. The molecule has 0 aromatic carbocycles. The maximum Gasteiger partial charge on any atom is 0.276 e. The average Bonchev–Trinajstić information content (AvgIpc) is 2.37. The molecule has 0 radical (unpaired) electrons. The van der Waals surface area contributed by atoms with E-state index in [1.807, 2.05) is 6.26 Å². The van der Waals surface area contributed by atoms with Crippen molar-refractivity contribution in [3.8, 4) is 0 Å². The van der Waals surface area contributed by atoms with E-state index in [2.05, 4.69) is 10.2 Å². The van der Waals surface area contributed by atoms with Crippen molar-refractivity contribution in [2.24, 2.45) is 5.73 Å². The minimum Gasteiger partial charge on any atom is -0.416 e. The van der Waals surface area contributed by atoms with Crippen LogP contribution in [-0.4, -0.2) is 23.0 Å². The molecule has 5 heteroatoms. The van der Waals surface area contributed by atoms with Crippen molar-refractivity contribution in [1.29, 1.82) is 0 Å².